The van der Waals surface area contributed by atoms with Gasteiger partial charge in [0.05, 0.1) is 10.6 Å². The van der Waals surface area contributed by atoms with Crippen LogP contribution >= 0.6 is 11.6 Å². The van der Waals surface area contributed by atoms with Gasteiger partial charge in [0.2, 0.25) is 0 Å². The average molecular weight is 210 g/mol. The van der Waals surface area contributed by atoms with Crippen LogP contribution in [0.25, 0.3) is 11.0 Å². The molecule has 2 aromatic rings. The Morgan fingerprint density at radius 1 is 1.64 bits per heavy atom. The largest absolute Gasteiger partial charge is 0.355 e. The summed E-state index contributed by atoms with van der Waals surface area (Å²) in [6.07, 6.45) is 3.19. The van der Waals surface area contributed by atoms with E-state index in [1.54, 1.807) is 19.3 Å². The smallest absolute Gasteiger partial charge is 0.254 e. The molecule has 2 rings (SSSR count). The van der Waals surface area contributed by atoms with Crippen molar-refractivity contribution in [1.29, 1.82) is 0 Å². The minimum Gasteiger partial charge on any atom is -0.355 e. The van der Waals surface area contributed by atoms with E-state index in [1.807, 2.05) is 0 Å². The van der Waals surface area contributed by atoms with Gasteiger partial charge in [-0.2, -0.15) is 0 Å². The van der Waals surface area contributed by atoms with E-state index in [0.717, 1.165) is 5.39 Å². The van der Waals surface area contributed by atoms with E-state index in [4.69, 9.17) is 11.6 Å². The molecular formula is C9H8ClN3O. The number of H-pyrrole nitrogens is 1. The number of hydrogen-bond donors (Lipinski definition) is 2. The monoisotopic (exact) mass is 209 g/mol. The molecule has 1 amide bonds. The molecule has 14 heavy (non-hydrogen) atoms. The van der Waals surface area contributed by atoms with E-state index in [0.29, 0.717) is 16.2 Å². The van der Waals surface area contributed by atoms with Crippen LogP contribution in [0.2, 0.25) is 5.02 Å². The van der Waals surface area contributed by atoms with Crippen molar-refractivity contribution < 1.29 is 4.79 Å². The highest BCUT2D eigenvalue weighted by atomic mass is 35.5. The van der Waals surface area contributed by atoms with Crippen molar-refractivity contribution >= 4 is 28.5 Å². The first-order valence-corrected chi connectivity index (χ1v) is 4.45. The van der Waals surface area contributed by atoms with E-state index < -0.39 is 0 Å². The molecule has 0 unspecified atom stereocenters. The van der Waals surface area contributed by atoms with Crippen LogP contribution in [0.4, 0.5) is 0 Å². The Morgan fingerprint density at radius 2 is 2.43 bits per heavy atom. The topological polar surface area (TPSA) is 57.8 Å². The molecular weight excluding hydrogens is 202 g/mol. The maximum Gasteiger partial charge on any atom is 0.254 e. The lowest BCUT2D eigenvalue weighted by molar-refractivity contribution is 0.0963. The van der Waals surface area contributed by atoms with Gasteiger partial charge in [0.1, 0.15) is 5.65 Å². The number of carbonyl (C=O) groups excluding carboxylic acids is 1. The summed E-state index contributed by atoms with van der Waals surface area (Å²) in [6, 6.07) is 1.79. The van der Waals surface area contributed by atoms with E-state index in [-0.39, 0.29) is 5.91 Å². The van der Waals surface area contributed by atoms with E-state index in [1.165, 1.54) is 6.20 Å². The Labute approximate surface area is 85.3 Å². The van der Waals surface area contributed by atoms with Crippen LogP contribution in [0.15, 0.2) is 18.5 Å². The van der Waals surface area contributed by atoms with Crippen molar-refractivity contribution in [1.82, 2.24) is 15.3 Å². The number of aromatic nitrogens is 2. The molecule has 2 heterocycles. The van der Waals surface area contributed by atoms with Crippen LogP contribution in [0.5, 0.6) is 0 Å². The number of fused-ring (bicyclic) bond motifs is 1. The number of aromatic amines is 1. The van der Waals surface area contributed by atoms with Crippen molar-refractivity contribution in [3.05, 3.63) is 29.0 Å². The van der Waals surface area contributed by atoms with Gasteiger partial charge in [-0.3, -0.25) is 4.79 Å². The standard InChI is InChI=1S/C9H8ClN3O/c1-11-9(14)6-4-13-8-5(7(6)10)2-3-12-8/h2-4H,1H3,(H,11,14)(H,12,13). The number of hydrogen-bond acceptors (Lipinski definition) is 2. The van der Waals surface area contributed by atoms with Crippen LogP contribution in [0.1, 0.15) is 10.4 Å². The van der Waals surface area contributed by atoms with Crippen molar-refractivity contribution in [3.63, 3.8) is 0 Å². The summed E-state index contributed by atoms with van der Waals surface area (Å²) in [4.78, 5) is 18.3. The first-order valence-electron chi connectivity index (χ1n) is 4.07. The molecule has 5 heteroatoms. The highest BCUT2D eigenvalue weighted by Crippen LogP contribution is 2.24. The summed E-state index contributed by atoms with van der Waals surface area (Å²) in [5, 5.41) is 3.69. The highest BCUT2D eigenvalue weighted by molar-refractivity contribution is 6.38. The average Bonchev–Trinajstić information content (AvgIpc) is 2.66. The Kier molecular flexibility index (Phi) is 2.13. The molecule has 0 bridgehead atoms. The number of pyridine rings is 1. The highest BCUT2D eigenvalue weighted by Gasteiger charge is 2.12. The second kappa shape index (κ2) is 3.31. The van der Waals surface area contributed by atoms with Crippen LogP contribution < -0.4 is 5.32 Å². The maximum atomic E-state index is 11.4. The third-order valence-corrected chi connectivity index (χ3v) is 2.40. The zero-order valence-electron chi connectivity index (χ0n) is 7.47. The molecule has 72 valence electrons. The molecule has 0 spiro atoms. The third-order valence-electron chi connectivity index (χ3n) is 1.99. The lowest BCUT2D eigenvalue weighted by atomic mass is 10.2. The Bertz CT molecular complexity index is 492. The second-order valence-corrected chi connectivity index (χ2v) is 3.18. The van der Waals surface area contributed by atoms with Gasteiger partial charge in [-0.05, 0) is 6.07 Å². The SMILES string of the molecule is CNC(=O)c1cnc2[nH]ccc2c1Cl. The first-order chi connectivity index (χ1) is 6.74. The number of halogens is 1. The molecule has 0 aliphatic heterocycles. The Hall–Kier alpha value is -1.55. The maximum absolute atomic E-state index is 11.4. The normalized spacial score (nSPS) is 10.4. The van der Waals surface area contributed by atoms with Gasteiger partial charge in [0, 0.05) is 24.8 Å². The minimum atomic E-state index is -0.231. The fraction of sp³-hybridized carbons (Fsp3) is 0.111. The van der Waals surface area contributed by atoms with Crippen LogP contribution in [-0.2, 0) is 0 Å². The fourth-order valence-corrected chi connectivity index (χ4v) is 1.56. The molecule has 2 aromatic heterocycles. The summed E-state index contributed by atoms with van der Waals surface area (Å²) in [6.45, 7) is 0. The molecule has 0 fully saturated rings. The molecule has 0 aliphatic carbocycles. The third kappa shape index (κ3) is 1.24. The molecule has 0 saturated heterocycles. The zero-order valence-corrected chi connectivity index (χ0v) is 8.22. The summed E-state index contributed by atoms with van der Waals surface area (Å²) >= 11 is 6.04. The predicted molar refractivity (Wildman–Crippen MR) is 54.5 cm³/mol. The van der Waals surface area contributed by atoms with Crippen LogP contribution in [0, 0.1) is 0 Å². The molecule has 0 aromatic carbocycles. The number of carbonyl (C=O) groups is 1. The number of amides is 1. The van der Waals surface area contributed by atoms with Gasteiger partial charge in [0.15, 0.2) is 0 Å². The van der Waals surface area contributed by atoms with Gasteiger partial charge in [-0.1, -0.05) is 11.6 Å². The molecule has 0 saturated carbocycles. The predicted octanol–water partition coefficient (Wildman–Crippen LogP) is 1.58. The van der Waals surface area contributed by atoms with Crippen molar-refractivity contribution in [3.8, 4) is 0 Å². The molecule has 0 aliphatic rings. The number of rotatable bonds is 1. The number of nitrogens with one attached hydrogen (secondary N) is 2. The fourth-order valence-electron chi connectivity index (χ4n) is 1.27. The van der Waals surface area contributed by atoms with Gasteiger partial charge in [-0.25, -0.2) is 4.98 Å². The molecule has 4 nitrogen and oxygen atoms in total. The van der Waals surface area contributed by atoms with Gasteiger partial charge in [-0.15, -0.1) is 0 Å². The van der Waals surface area contributed by atoms with Crippen LogP contribution in [0.3, 0.4) is 0 Å². The van der Waals surface area contributed by atoms with Crippen LogP contribution in [-0.4, -0.2) is 22.9 Å². The van der Waals surface area contributed by atoms with Gasteiger partial charge in [0.25, 0.3) is 5.91 Å². The van der Waals surface area contributed by atoms with Crippen molar-refractivity contribution in [2.75, 3.05) is 7.05 Å². The van der Waals surface area contributed by atoms with E-state index in [9.17, 15) is 4.79 Å². The molecule has 2 N–H and O–H groups in total. The summed E-state index contributed by atoms with van der Waals surface area (Å²) in [7, 11) is 1.56. The van der Waals surface area contributed by atoms with Crippen molar-refractivity contribution in [2.45, 2.75) is 0 Å². The number of nitrogens with zero attached hydrogens (tertiary/aromatic N) is 1. The summed E-state index contributed by atoms with van der Waals surface area (Å²) in [5.74, 6) is -0.231. The zero-order chi connectivity index (χ0) is 10.1. The first kappa shape index (κ1) is 9.02. The van der Waals surface area contributed by atoms with Gasteiger partial charge < -0.3 is 10.3 Å². The molecule has 0 atom stereocenters. The minimum absolute atomic E-state index is 0.231. The van der Waals surface area contributed by atoms with Gasteiger partial charge >= 0.3 is 0 Å². The summed E-state index contributed by atoms with van der Waals surface area (Å²) < 4.78 is 0. The lowest BCUT2D eigenvalue weighted by Crippen LogP contribution is -2.18. The Morgan fingerprint density at radius 3 is 3.14 bits per heavy atom. The lowest BCUT2D eigenvalue weighted by Gasteiger charge is -2.02. The summed E-state index contributed by atoms with van der Waals surface area (Å²) in [5.41, 5.74) is 1.07. The van der Waals surface area contributed by atoms with E-state index >= 15 is 0 Å². The molecule has 0 radical (unpaired) electrons. The quantitative estimate of drug-likeness (QED) is 0.749. The second-order valence-electron chi connectivity index (χ2n) is 2.80. The van der Waals surface area contributed by atoms with E-state index in [2.05, 4.69) is 15.3 Å². The Balaban J connectivity index is 2.67. The van der Waals surface area contributed by atoms with Crippen molar-refractivity contribution in [2.24, 2.45) is 0 Å².